The van der Waals surface area contributed by atoms with Gasteiger partial charge in [0.25, 0.3) is 0 Å². The second kappa shape index (κ2) is 6.86. The normalized spacial score (nSPS) is 12.2. The van der Waals surface area contributed by atoms with Gasteiger partial charge in [0.15, 0.2) is 0 Å². The zero-order valence-electron chi connectivity index (χ0n) is 11.1. The Morgan fingerprint density at radius 1 is 1.10 bits per heavy atom. The zero-order valence-corrected chi connectivity index (χ0v) is 12.7. The quantitative estimate of drug-likeness (QED) is 0.899. The molecule has 2 aromatic carbocycles. The lowest BCUT2D eigenvalue weighted by Gasteiger charge is -2.11. The number of rotatable bonds is 5. The molecule has 2 nitrogen and oxygen atoms in total. The zero-order chi connectivity index (χ0) is 14.5. The Hall–Kier alpha value is -1.39. The highest BCUT2D eigenvalue weighted by molar-refractivity contribution is 9.10. The summed E-state index contributed by atoms with van der Waals surface area (Å²) in [5.41, 5.74) is 1.80. The van der Waals surface area contributed by atoms with E-state index in [1.165, 1.54) is 12.1 Å². The Balaban J connectivity index is 1.98. The van der Waals surface area contributed by atoms with Crippen LogP contribution in [-0.4, -0.2) is 18.3 Å². The maximum atomic E-state index is 13.3. The fourth-order valence-corrected chi connectivity index (χ4v) is 2.62. The van der Waals surface area contributed by atoms with Crippen molar-refractivity contribution < 1.29 is 14.2 Å². The van der Waals surface area contributed by atoms with Gasteiger partial charge in [-0.1, -0.05) is 28.1 Å². The van der Waals surface area contributed by atoms with Crippen LogP contribution in [0.25, 0.3) is 0 Å². The maximum Gasteiger partial charge on any atom is 0.124 e. The first-order valence-electron chi connectivity index (χ1n) is 6.33. The number of aliphatic hydroxyl groups is 1. The molecular weight excluding hydrogens is 323 g/mol. The summed E-state index contributed by atoms with van der Waals surface area (Å²) in [7, 11) is 1.62. The van der Waals surface area contributed by atoms with E-state index in [2.05, 4.69) is 15.9 Å². The number of benzene rings is 2. The molecule has 1 N–H and O–H groups in total. The largest absolute Gasteiger partial charge is 0.497 e. The lowest BCUT2D eigenvalue weighted by Crippen LogP contribution is -2.14. The van der Waals surface area contributed by atoms with Crippen molar-refractivity contribution in [1.82, 2.24) is 0 Å². The average Bonchev–Trinajstić information content (AvgIpc) is 2.38. The van der Waals surface area contributed by atoms with E-state index in [1.807, 2.05) is 30.3 Å². The number of hydrogen-bond acceptors (Lipinski definition) is 2. The minimum atomic E-state index is -0.544. The number of ether oxygens (including phenoxy) is 1. The number of hydrogen-bond donors (Lipinski definition) is 1. The van der Waals surface area contributed by atoms with E-state index in [9.17, 15) is 9.50 Å². The van der Waals surface area contributed by atoms with Crippen LogP contribution in [-0.2, 0) is 12.8 Å². The number of halogens is 2. The summed E-state index contributed by atoms with van der Waals surface area (Å²) in [5, 5.41) is 10.1. The van der Waals surface area contributed by atoms with E-state index in [1.54, 1.807) is 7.11 Å². The molecule has 0 spiro atoms. The molecule has 4 heteroatoms. The van der Waals surface area contributed by atoms with Gasteiger partial charge in [0, 0.05) is 4.47 Å². The predicted octanol–water partition coefficient (Wildman–Crippen LogP) is 3.74. The van der Waals surface area contributed by atoms with Crippen LogP contribution < -0.4 is 4.74 Å². The van der Waals surface area contributed by atoms with Gasteiger partial charge >= 0.3 is 0 Å². The van der Waals surface area contributed by atoms with Crippen LogP contribution >= 0.6 is 15.9 Å². The summed E-state index contributed by atoms with van der Waals surface area (Å²) < 4.78 is 19.0. The van der Waals surface area contributed by atoms with Crippen molar-refractivity contribution in [3.05, 3.63) is 63.9 Å². The molecule has 0 aromatic heterocycles. The molecule has 0 amide bonds. The molecule has 20 heavy (non-hydrogen) atoms. The van der Waals surface area contributed by atoms with Gasteiger partial charge in [0.05, 0.1) is 13.2 Å². The monoisotopic (exact) mass is 338 g/mol. The van der Waals surface area contributed by atoms with Crippen LogP contribution in [0, 0.1) is 5.82 Å². The summed E-state index contributed by atoms with van der Waals surface area (Å²) in [4.78, 5) is 0. The van der Waals surface area contributed by atoms with Crippen molar-refractivity contribution in [3.63, 3.8) is 0 Å². The van der Waals surface area contributed by atoms with E-state index in [4.69, 9.17) is 4.74 Å². The van der Waals surface area contributed by atoms with Crippen LogP contribution in [0.3, 0.4) is 0 Å². The van der Waals surface area contributed by atoms with Crippen LogP contribution in [0.5, 0.6) is 5.75 Å². The van der Waals surface area contributed by atoms with E-state index in [0.29, 0.717) is 17.3 Å². The molecule has 0 fully saturated rings. The highest BCUT2D eigenvalue weighted by Crippen LogP contribution is 2.18. The molecule has 1 atom stereocenters. The Labute approximate surface area is 126 Å². The highest BCUT2D eigenvalue weighted by atomic mass is 79.9. The standard InChI is InChI=1S/C16H16BrFO2/c1-20-16-4-2-11(3-5-16)8-15(19)9-12-6-13(17)10-14(18)7-12/h2-7,10,15,19H,8-9H2,1H3. The number of methoxy groups -OCH3 is 1. The third-order valence-corrected chi connectivity index (χ3v) is 3.48. The van der Waals surface area contributed by atoms with Crippen LogP contribution in [0.15, 0.2) is 46.9 Å². The van der Waals surface area contributed by atoms with E-state index in [0.717, 1.165) is 16.9 Å². The first-order valence-corrected chi connectivity index (χ1v) is 7.12. The fourth-order valence-electron chi connectivity index (χ4n) is 2.11. The third kappa shape index (κ3) is 4.32. The summed E-state index contributed by atoms with van der Waals surface area (Å²) in [6, 6.07) is 12.2. The number of aliphatic hydroxyl groups excluding tert-OH is 1. The van der Waals surface area contributed by atoms with Crippen LogP contribution in [0.1, 0.15) is 11.1 Å². The summed E-state index contributed by atoms with van der Waals surface area (Å²) in [6.45, 7) is 0. The van der Waals surface area contributed by atoms with Gasteiger partial charge in [-0.2, -0.15) is 0 Å². The average molecular weight is 339 g/mol. The van der Waals surface area contributed by atoms with Crippen molar-refractivity contribution >= 4 is 15.9 Å². The molecule has 1 unspecified atom stereocenters. The molecule has 0 bridgehead atoms. The Morgan fingerprint density at radius 3 is 2.35 bits per heavy atom. The maximum absolute atomic E-state index is 13.3. The van der Waals surface area contributed by atoms with Gasteiger partial charge in [-0.25, -0.2) is 4.39 Å². The third-order valence-electron chi connectivity index (χ3n) is 3.02. The molecule has 0 radical (unpaired) electrons. The van der Waals surface area contributed by atoms with Gasteiger partial charge in [0.2, 0.25) is 0 Å². The van der Waals surface area contributed by atoms with Crippen molar-refractivity contribution in [3.8, 4) is 5.75 Å². The molecule has 0 saturated carbocycles. The molecule has 0 saturated heterocycles. The smallest absolute Gasteiger partial charge is 0.124 e. The minimum absolute atomic E-state index is 0.300. The molecule has 2 aromatic rings. The molecule has 0 aliphatic rings. The van der Waals surface area contributed by atoms with Crippen molar-refractivity contribution in [2.45, 2.75) is 18.9 Å². The highest BCUT2D eigenvalue weighted by Gasteiger charge is 2.09. The predicted molar refractivity (Wildman–Crippen MR) is 80.5 cm³/mol. The van der Waals surface area contributed by atoms with Crippen LogP contribution in [0.2, 0.25) is 0 Å². The van der Waals surface area contributed by atoms with Crippen molar-refractivity contribution in [2.75, 3.05) is 7.11 Å². The summed E-state index contributed by atoms with van der Waals surface area (Å²) in [5.74, 6) is 0.489. The molecule has 0 aliphatic carbocycles. The second-order valence-corrected chi connectivity index (χ2v) is 5.60. The van der Waals surface area contributed by atoms with E-state index >= 15 is 0 Å². The molecule has 0 heterocycles. The van der Waals surface area contributed by atoms with E-state index < -0.39 is 6.10 Å². The molecular formula is C16H16BrFO2. The second-order valence-electron chi connectivity index (χ2n) is 4.69. The van der Waals surface area contributed by atoms with Gasteiger partial charge in [-0.15, -0.1) is 0 Å². The van der Waals surface area contributed by atoms with Crippen molar-refractivity contribution in [1.29, 1.82) is 0 Å². The first-order chi connectivity index (χ1) is 9.56. The van der Waals surface area contributed by atoms with E-state index in [-0.39, 0.29) is 5.82 Å². The lowest BCUT2D eigenvalue weighted by molar-refractivity contribution is 0.175. The SMILES string of the molecule is COc1ccc(CC(O)Cc2cc(F)cc(Br)c2)cc1. The molecule has 2 rings (SSSR count). The summed E-state index contributed by atoms with van der Waals surface area (Å²) >= 11 is 3.25. The first kappa shape index (κ1) is 15.0. The Bertz CT molecular complexity index is 549. The van der Waals surface area contributed by atoms with Gasteiger partial charge in [-0.05, 0) is 54.3 Å². The fraction of sp³-hybridized carbons (Fsp3) is 0.250. The Morgan fingerprint density at radius 2 is 1.75 bits per heavy atom. The molecule has 106 valence electrons. The van der Waals surface area contributed by atoms with Gasteiger partial charge < -0.3 is 9.84 Å². The lowest BCUT2D eigenvalue weighted by atomic mass is 10.0. The topological polar surface area (TPSA) is 29.5 Å². The van der Waals surface area contributed by atoms with Crippen LogP contribution in [0.4, 0.5) is 4.39 Å². The Kier molecular flexibility index (Phi) is 5.15. The molecule has 0 aliphatic heterocycles. The summed E-state index contributed by atoms with van der Waals surface area (Å²) in [6.07, 6.45) is 0.401. The van der Waals surface area contributed by atoms with Crippen molar-refractivity contribution in [2.24, 2.45) is 0 Å². The van der Waals surface area contributed by atoms with Gasteiger partial charge in [0.1, 0.15) is 11.6 Å². The minimum Gasteiger partial charge on any atom is -0.497 e. The van der Waals surface area contributed by atoms with Gasteiger partial charge in [-0.3, -0.25) is 0 Å².